The first-order valence-corrected chi connectivity index (χ1v) is 7.04. The number of halogens is 1. The normalized spacial score (nSPS) is 10.8. The quantitative estimate of drug-likeness (QED) is 0.403. The van der Waals surface area contributed by atoms with Crippen LogP contribution < -0.4 is 0 Å². The molecule has 0 radical (unpaired) electrons. The average molecular weight is 279 g/mol. The molecule has 0 atom stereocenters. The lowest BCUT2D eigenvalue weighted by molar-refractivity contribution is -0.115. The number of Topliss-reactive ketones (excluding diaryl/α,β-unsaturated/α-hetero) is 2. The van der Waals surface area contributed by atoms with Crippen molar-refractivity contribution in [2.45, 2.75) is 39.0 Å². The van der Waals surface area contributed by atoms with Gasteiger partial charge in [-0.2, -0.15) is 0 Å². The Morgan fingerprint density at radius 1 is 1.16 bits per heavy atom. The van der Waals surface area contributed by atoms with Crippen LogP contribution in [0.4, 0.5) is 0 Å². The van der Waals surface area contributed by atoms with Crippen LogP contribution >= 0.6 is 11.6 Å². The molecule has 0 unspecified atom stereocenters. The van der Waals surface area contributed by atoms with E-state index in [1.54, 1.807) is 12.1 Å². The molecule has 0 saturated heterocycles. The zero-order valence-electron chi connectivity index (χ0n) is 11.2. The molecule has 1 aromatic carbocycles. The van der Waals surface area contributed by atoms with E-state index in [1.807, 2.05) is 18.2 Å². The molecule has 0 aromatic heterocycles. The average Bonchev–Trinajstić information content (AvgIpc) is 2.45. The van der Waals surface area contributed by atoms with Gasteiger partial charge in [-0.25, -0.2) is 0 Å². The summed E-state index contributed by atoms with van der Waals surface area (Å²) in [6, 6.07) is 7.11. The van der Waals surface area contributed by atoms with E-state index in [2.05, 4.69) is 6.92 Å². The number of allylic oxidation sites excluding steroid dienone is 1. The van der Waals surface area contributed by atoms with E-state index in [0.717, 1.165) is 31.2 Å². The minimum atomic E-state index is -0.379. The number of ketones is 2. The summed E-state index contributed by atoms with van der Waals surface area (Å²) in [4.78, 5) is 23.6. The van der Waals surface area contributed by atoms with Gasteiger partial charge in [0.05, 0.1) is 0 Å². The predicted octanol–water partition coefficient (Wildman–Crippen LogP) is 4.31. The highest BCUT2D eigenvalue weighted by molar-refractivity contribution is 6.43. The van der Waals surface area contributed by atoms with Crippen molar-refractivity contribution in [1.29, 1.82) is 0 Å². The molecule has 19 heavy (non-hydrogen) atoms. The third-order valence-corrected chi connectivity index (χ3v) is 3.10. The first-order chi connectivity index (χ1) is 9.19. The number of hydrogen-bond donors (Lipinski definition) is 0. The van der Waals surface area contributed by atoms with Gasteiger partial charge in [-0.15, -0.1) is 0 Å². The largest absolute Gasteiger partial charge is 0.290 e. The molecule has 0 heterocycles. The Labute approximate surface area is 119 Å². The maximum Gasteiger partial charge on any atom is 0.228 e. The van der Waals surface area contributed by atoms with E-state index in [9.17, 15) is 9.59 Å². The monoisotopic (exact) mass is 278 g/mol. The van der Waals surface area contributed by atoms with Crippen molar-refractivity contribution < 1.29 is 9.59 Å². The zero-order chi connectivity index (χ0) is 14.1. The first-order valence-electron chi connectivity index (χ1n) is 6.60. The van der Waals surface area contributed by atoms with Crippen LogP contribution in [-0.2, 0) is 11.2 Å². The van der Waals surface area contributed by atoms with Crippen molar-refractivity contribution in [1.82, 2.24) is 0 Å². The van der Waals surface area contributed by atoms with Crippen molar-refractivity contribution in [3.05, 3.63) is 47.0 Å². The maximum absolute atomic E-state index is 11.9. The molecule has 1 aromatic rings. The van der Waals surface area contributed by atoms with Gasteiger partial charge in [-0.05, 0) is 18.4 Å². The smallest absolute Gasteiger partial charge is 0.228 e. The van der Waals surface area contributed by atoms with Crippen LogP contribution in [0.1, 0.15) is 48.5 Å². The summed E-state index contributed by atoms with van der Waals surface area (Å²) in [6.07, 6.45) is 5.73. The Hall–Kier alpha value is -1.41. The Morgan fingerprint density at radius 3 is 2.42 bits per heavy atom. The van der Waals surface area contributed by atoms with Gasteiger partial charge < -0.3 is 0 Å². The summed E-state index contributed by atoms with van der Waals surface area (Å²) < 4.78 is 0. The summed E-state index contributed by atoms with van der Waals surface area (Å²) in [5, 5.41) is 0. The molecule has 0 amide bonds. The summed E-state index contributed by atoms with van der Waals surface area (Å²) in [5.41, 5.74) is 3.00. The van der Waals surface area contributed by atoms with Crippen LogP contribution in [0.2, 0.25) is 0 Å². The molecular weight excluding hydrogens is 260 g/mol. The van der Waals surface area contributed by atoms with Gasteiger partial charge >= 0.3 is 0 Å². The van der Waals surface area contributed by atoms with Crippen LogP contribution in [0, 0.1) is 0 Å². The number of hydrogen-bond acceptors (Lipinski definition) is 2. The van der Waals surface area contributed by atoms with Crippen molar-refractivity contribution in [2.24, 2.45) is 0 Å². The molecule has 1 rings (SSSR count). The number of rotatable bonds is 8. The Bertz CT molecular complexity index is 446. The standard InChI is InChI=1S/C16H19ClO2/c1-2-3-4-7-15(18)16(19)14-10-8-13(9-11-14)6-5-12-17/h5,8-12H,2-4,6-7H2,1H3/b12-5+. The van der Waals surface area contributed by atoms with E-state index in [4.69, 9.17) is 11.6 Å². The van der Waals surface area contributed by atoms with E-state index >= 15 is 0 Å². The molecule has 0 fully saturated rings. The minimum absolute atomic E-state index is 0.290. The van der Waals surface area contributed by atoms with Crippen LogP contribution in [0.25, 0.3) is 0 Å². The van der Waals surface area contributed by atoms with Crippen molar-refractivity contribution in [3.8, 4) is 0 Å². The van der Waals surface area contributed by atoms with Gasteiger partial charge in [0.1, 0.15) is 0 Å². The molecule has 0 N–H and O–H groups in total. The second-order valence-corrected chi connectivity index (χ2v) is 4.72. The molecule has 0 aliphatic carbocycles. The molecule has 0 aliphatic rings. The molecule has 0 saturated carbocycles. The van der Waals surface area contributed by atoms with Gasteiger partial charge in [-0.3, -0.25) is 9.59 Å². The van der Waals surface area contributed by atoms with Gasteiger partial charge in [0.2, 0.25) is 11.6 Å². The van der Waals surface area contributed by atoms with Crippen LogP contribution in [0.5, 0.6) is 0 Å². The second-order valence-electron chi connectivity index (χ2n) is 4.47. The summed E-state index contributed by atoms with van der Waals surface area (Å²) in [6.45, 7) is 2.07. The highest BCUT2D eigenvalue weighted by Gasteiger charge is 2.15. The minimum Gasteiger partial charge on any atom is -0.290 e. The number of carbonyl (C=O) groups excluding carboxylic acids is 2. The van der Waals surface area contributed by atoms with E-state index in [-0.39, 0.29) is 11.6 Å². The van der Waals surface area contributed by atoms with Crippen molar-refractivity contribution >= 4 is 23.2 Å². The van der Waals surface area contributed by atoms with Gasteiger partial charge in [0.15, 0.2) is 0 Å². The number of benzene rings is 1. The molecule has 2 nitrogen and oxygen atoms in total. The van der Waals surface area contributed by atoms with Crippen LogP contribution in [0.15, 0.2) is 35.9 Å². The summed E-state index contributed by atoms with van der Waals surface area (Å²) >= 11 is 5.46. The number of carbonyl (C=O) groups is 2. The Kier molecular flexibility index (Phi) is 7.12. The van der Waals surface area contributed by atoms with Gasteiger partial charge in [0, 0.05) is 17.5 Å². The second kappa shape index (κ2) is 8.65. The van der Waals surface area contributed by atoms with Crippen molar-refractivity contribution in [2.75, 3.05) is 0 Å². The fourth-order valence-corrected chi connectivity index (χ4v) is 1.87. The topological polar surface area (TPSA) is 34.1 Å². The lowest BCUT2D eigenvalue weighted by Crippen LogP contribution is -2.13. The third-order valence-electron chi connectivity index (χ3n) is 2.92. The fraction of sp³-hybridized carbons (Fsp3) is 0.375. The Morgan fingerprint density at radius 2 is 1.84 bits per heavy atom. The molecule has 0 bridgehead atoms. The first kappa shape index (κ1) is 15.6. The SMILES string of the molecule is CCCCCC(=O)C(=O)c1ccc(C/C=C/Cl)cc1. The fourth-order valence-electron chi connectivity index (χ4n) is 1.78. The van der Waals surface area contributed by atoms with Crippen molar-refractivity contribution in [3.63, 3.8) is 0 Å². The van der Waals surface area contributed by atoms with Gasteiger partial charge in [0.25, 0.3) is 0 Å². The molecule has 0 spiro atoms. The molecule has 102 valence electrons. The summed E-state index contributed by atoms with van der Waals surface area (Å²) in [5.74, 6) is -0.669. The molecule has 3 heteroatoms. The zero-order valence-corrected chi connectivity index (χ0v) is 12.0. The highest BCUT2D eigenvalue weighted by atomic mass is 35.5. The van der Waals surface area contributed by atoms with E-state index in [1.165, 1.54) is 5.54 Å². The van der Waals surface area contributed by atoms with Gasteiger partial charge in [-0.1, -0.05) is 61.7 Å². The highest BCUT2D eigenvalue weighted by Crippen LogP contribution is 2.09. The van der Waals surface area contributed by atoms with Crippen LogP contribution in [0.3, 0.4) is 0 Å². The lowest BCUT2D eigenvalue weighted by atomic mass is 10.0. The van der Waals surface area contributed by atoms with E-state index < -0.39 is 0 Å². The summed E-state index contributed by atoms with van der Waals surface area (Å²) in [7, 11) is 0. The maximum atomic E-state index is 11.9. The predicted molar refractivity (Wildman–Crippen MR) is 78.6 cm³/mol. The van der Waals surface area contributed by atoms with Crippen LogP contribution in [-0.4, -0.2) is 11.6 Å². The molecule has 0 aliphatic heterocycles. The third kappa shape index (κ3) is 5.39. The molecular formula is C16H19ClO2. The Balaban J connectivity index is 2.59. The number of unbranched alkanes of at least 4 members (excludes halogenated alkanes) is 2. The van der Waals surface area contributed by atoms with E-state index in [0.29, 0.717) is 12.0 Å². The lowest BCUT2D eigenvalue weighted by Gasteiger charge is -2.02.